The Kier molecular flexibility index (Phi) is 7.48. The van der Waals surface area contributed by atoms with E-state index in [1.807, 2.05) is 31.2 Å². The first-order valence-electron chi connectivity index (χ1n) is 10.4. The highest BCUT2D eigenvalue weighted by molar-refractivity contribution is 6.31. The number of nitrogens with one attached hydrogen (secondary N) is 1. The van der Waals surface area contributed by atoms with E-state index in [2.05, 4.69) is 5.32 Å². The van der Waals surface area contributed by atoms with Gasteiger partial charge in [-0.3, -0.25) is 9.59 Å². The molecule has 1 aliphatic carbocycles. The zero-order valence-corrected chi connectivity index (χ0v) is 18.2. The van der Waals surface area contributed by atoms with Gasteiger partial charge in [0.2, 0.25) is 11.8 Å². The van der Waals surface area contributed by atoms with E-state index in [-0.39, 0.29) is 41.4 Å². The van der Waals surface area contributed by atoms with Crippen molar-refractivity contribution in [3.63, 3.8) is 0 Å². The van der Waals surface area contributed by atoms with Crippen molar-refractivity contribution in [2.45, 2.75) is 64.6 Å². The van der Waals surface area contributed by atoms with Crippen molar-refractivity contribution in [2.24, 2.45) is 0 Å². The summed E-state index contributed by atoms with van der Waals surface area (Å²) in [4.78, 5) is 27.6. The molecule has 1 saturated carbocycles. The minimum Gasteiger partial charge on any atom is -0.352 e. The van der Waals surface area contributed by atoms with E-state index in [1.165, 1.54) is 17.0 Å². The number of carbonyl (C=O) groups excluding carboxylic acids is 2. The summed E-state index contributed by atoms with van der Waals surface area (Å²) >= 11 is 6.12. The van der Waals surface area contributed by atoms with Crippen molar-refractivity contribution in [1.29, 1.82) is 0 Å². The highest BCUT2D eigenvalue weighted by Crippen LogP contribution is 2.22. The van der Waals surface area contributed by atoms with E-state index < -0.39 is 11.9 Å². The SMILES string of the molecule is Cc1ccc(CN(C(=O)Cc2c(F)cccc2Cl)[C@@H](C)C(=O)NC2CCCC2)cc1. The number of benzene rings is 2. The van der Waals surface area contributed by atoms with Crippen LogP contribution >= 0.6 is 11.6 Å². The predicted molar refractivity (Wildman–Crippen MR) is 117 cm³/mol. The summed E-state index contributed by atoms with van der Waals surface area (Å²) in [5, 5.41) is 3.27. The van der Waals surface area contributed by atoms with Crippen LogP contribution in [0.4, 0.5) is 4.39 Å². The van der Waals surface area contributed by atoms with Gasteiger partial charge in [-0.1, -0.05) is 60.3 Å². The van der Waals surface area contributed by atoms with Gasteiger partial charge in [-0.25, -0.2) is 4.39 Å². The van der Waals surface area contributed by atoms with E-state index in [1.54, 1.807) is 13.0 Å². The molecule has 6 heteroatoms. The van der Waals surface area contributed by atoms with E-state index in [9.17, 15) is 14.0 Å². The molecule has 0 aromatic heterocycles. The molecule has 1 aliphatic rings. The minimum atomic E-state index is -0.676. The highest BCUT2D eigenvalue weighted by Gasteiger charge is 2.29. The molecule has 0 bridgehead atoms. The van der Waals surface area contributed by atoms with Crippen LogP contribution in [0, 0.1) is 12.7 Å². The normalized spacial score (nSPS) is 15.1. The lowest BCUT2D eigenvalue weighted by Crippen LogP contribution is -2.50. The summed E-state index contributed by atoms with van der Waals surface area (Å²) in [6, 6.07) is 11.7. The first kappa shape index (κ1) is 22.3. The van der Waals surface area contributed by atoms with Gasteiger partial charge in [0.1, 0.15) is 11.9 Å². The Labute approximate surface area is 182 Å². The number of hydrogen-bond acceptors (Lipinski definition) is 2. The number of amides is 2. The molecule has 160 valence electrons. The quantitative estimate of drug-likeness (QED) is 0.685. The predicted octanol–water partition coefficient (Wildman–Crippen LogP) is 4.81. The van der Waals surface area contributed by atoms with Gasteiger partial charge in [0.25, 0.3) is 0 Å². The highest BCUT2D eigenvalue weighted by atomic mass is 35.5. The second-order valence-electron chi connectivity index (χ2n) is 8.05. The van der Waals surface area contributed by atoms with Crippen molar-refractivity contribution in [1.82, 2.24) is 10.2 Å². The van der Waals surface area contributed by atoms with Crippen LogP contribution in [0.25, 0.3) is 0 Å². The first-order valence-corrected chi connectivity index (χ1v) is 10.8. The largest absolute Gasteiger partial charge is 0.352 e. The fourth-order valence-electron chi connectivity index (χ4n) is 3.82. The van der Waals surface area contributed by atoms with Crippen LogP contribution in [-0.2, 0) is 22.6 Å². The molecule has 0 spiro atoms. The second-order valence-corrected chi connectivity index (χ2v) is 8.46. The van der Waals surface area contributed by atoms with Crippen LogP contribution in [0.5, 0.6) is 0 Å². The van der Waals surface area contributed by atoms with Crippen molar-refractivity contribution in [3.8, 4) is 0 Å². The smallest absolute Gasteiger partial charge is 0.242 e. The molecule has 2 aromatic rings. The summed E-state index contributed by atoms with van der Waals surface area (Å²) in [5.41, 5.74) is 2.18. The Morgan fingerprint density at radius 1 is 1.17 bits per heavy atom. The van der Waals surface area contributed by atoms with Crippen LogP contribution in [0.1, 0.15) is 49.3 Å². The number of rotatable bonds is 7. The molecule has 2 amide bonds. The molecule has 1 N–H and O–H groups in total. The van der Waals surface area contributed by atoms with Gasteiger partial charge in [0.05, 0.1) is 6.42 Å². The molecule has 0 saturated heterocycles. The zero-order chi connectivity index (χ0) is 21.7. The van der Waals surface area contributed by atoms with E-state index >= 15 is 0 Å². The summed E-state index contributed by atoms with van der Waals surface area (Å²) in [6.07, 6.45) is 3.96. The van der Waals surface area contributed by atoms with Gasteiger partial charge >= 0.3 is 0 Å². The van der Waals surface area contributed by atoms with Crippen LogP contribution in [0.15, 0.2) is 42.5 Å². The maximum atomic E-state index is 14.2. The van der Waals surface area contributed by atoms with Gasteiger partial charge in [0.15, 0.2) is 0 Å². The lowest BCUT2D eigenvalue weighted by atomic mass is 10.1. The standard InChI is InChI=1S/C24H28ClFN2O2/c1-16-10-12-18(13-11-16)15-28(17(2)24(30)27-19-6-3-4-7-19)23(29)14-20-21(25)8-5-9-22(20)26/h5,8-13,17,19H,3-4,6-7,14-15H2,1-2H3,(H,27,30)/t17-/m0/s1. The molecule has 0 unspecified atom stereocenters. The fraction of sp³-hybridized carbons (Fsp3) is 0.417. The Bertz CT molecular complexity index is 874. The van der Waals surface area contributed by atoms with Gasteiger partial charge in [-0.2, -0.15) is 0 Å². The Morgan fingerprint density at radius 3 is 2.47 bits per heavy atom. The molecule has 2 aromatic carbocycles. The average Bonchev–Trinajstić information content (AvgIpc) is 3.22. The van der Waals surface area contributed by atoms with Crippen LogP contribution < -0.4 is 5.32 Å². The third-order valence-electron chi connectivity index (χ3n) is 5.73. The number of hydrogen-bond donors (Lipinski definition) is 1. The van der Waals surface area contributed by atoms with Gasteiger partial charge < -0.3 is 10.2 Å². The average molecular weight is 431 g/mol. The Hall–Kier alpha value is -2.40. The Balaban J connectivity index is 1.80. The summed E-state index contributed by atoms with van der Waals surface area (Å²) in [7, 11) is 0. The minimum absolute atomic E-state index is 0.154. The molecule has 3 rings (SSSR count). The molecular weight excluding hydrogens is 403 g/mol. The van der Waals surface area contributed by atoms with Crippen molar-refractivity contribution in [3.05, 3.63) is 70.0 Å². The maximum Gasteiger partial charge on any atom is 0.242 e. The van der Waals surface area contributed by atoms with E-state index in [0.29, 0.717) is 0 Å². The molecule has 30 heavy (non-hydrogen) atoms. The van der Waals surface area contributed by atoms with Crippen LogP contribution in [-0.4, -0.2) is 28.8 Å². The molecule has 0 radical (unpaired) electrons. The molecule has 4 nitrogen and oxygen atoms in total. The molecule has 0 heterocycles. The molecular formula is C24H28ClFN2O2. The number of aryl methyl sites for hydroxylation is 1. The number of carbonyl (C=O) groups is 2. The molecule has 1 atom stereocenters. The molecule has 0 aliphatic heterocycles. The lowest BCUT2D eigenvalue weighted by Gasteiger charge is -2.30. The first-order chi connectivity index (χ1) is 14.3. The van der Waals surface area contributed by atoms with E-state index in [0.717, 1.165) is 36.8 Å². The third-order valence-corrected chi connectivity index (χ3v) is 6.09. The second kappa shape index (κ2) is 10.1. The topological polar surface area (TPSA) is 49.4 Å². The maximum absolute atomic E-state index is 14.2. The lowest BCUT2D eigenvalue weighted by molar-refractivity contribution is -0.140. The van der Waals surface area contributed by atoms with Gasteiger partial charge in [-0.15, -0.1) is 0 Å². The van der Waals surface area contributed by atoms with Crippen LogP contribution in [0.2, 0.25) is 5.02 Å². The number of halogens is 2. The summed E-state index contributed by atoms with van der Waals surface area (Å²) in [5.74, 6) is -1.03. The zero-order valence-electron chi connectivity index (χ0n) is 17.5. The van der Waals surface area contributed by atoms with Crippen molar-refractivity contribution < 1.29 is 14.0 Å². The Morgan fingerprint density at radius 2 is 1.83 bits per heavy atom. The van der Waals surface area contributed by atoms with Crippen LogP contribution in [0.3, 0.4) is 0 Å². The van der Waals surface area contributed by atoms with Crippen molar-refractivity contribution >= 4 is 23.4 Å². The molecule has 1 fully saturated rings. The summed E-state index contributed by atoms with van der Waals surface area (Å²) in [6.45, 7) is 3.98. The van der Waals surface area contributed by atoms with E-state index in [4.69, 9.17) is 11.6 Å². The van der Waals surface area contributed by atoms with Crippen molar-refractivity contribution in [2.75, 3.05) is 0 Å². The number of nitrogens with zero attached hydrogens (tertiary/aromatic N) is 1. The summed E-state index contributed by atoms with van der Waals surface area (Å²) < 4.78 is 14.2. The van der Waals surface area contributed by atoms with Gasteiger partial charge in [0, 0.05) is 23.2 Å². The fourth-order valence-corrected chi connectivity index (χ4v) is 4.05. The third kappa shape index (κ3) is 5.60. The van der Waals surface area contributed by atoms with Gasteiger partial charge in [-0.05, 0) is 44.4 Å². The monoisotopic (exact) mass is 430 g/mol.